The number of rotatable bonds is 2. The Kier molecular flexibility index (Phi) is 2.32. The summed E-state index contributed by atoms with van der Waals surface area (Å²) < 4.78 is 14.3. The van der Waals surface area contributed by atoms with Gasteiger partial charge >= 0.3 is 5.69 Å². The van der Waals surface area contributed by atoms with Crippen LogP contribution >= 0.6 is 0 Å². The zero-order valence-electron chi connectivity index (χ0n) is 8.20. The van der Waals surface area contributed by atoms with Gasteiger partial charge in [0.2, 0.25) is 0 Å². The molecule has 0 saturated carbocycles. The minimum atomic E-state index is -0.402. The molecule has 0 saturated heterocycles. The van der Waals surface area contributed by atoms with Gasteiger partial charge < -0.3 is 10.1 Å². The smallest absolute Gasteiger partial charge is 0.326 e. The van der Waals surface area contributed by atoms with E-state index >= 15 is 0 Å². The summed E-state index contributed by atoms with van der Waals surface area (Å²) >= 11 is 0. The quantitative estimate of drug-likeness (QED) is 0.777. The van der Waals surface area contributed by atoms with Gasteiger partial charge in [0.15, 0.2) is 0 Å². The molecule has 80 valence electrons. The van der Waals surface area contributed by atoms with E-state index in [1.165, 1.54) is 22.8 Å². The predicted octanol–water partition coefficient (Wildman–Crippen LogP) is 1.02. The molecule has 2 rings (SSSR count). The number of hydrogen-bond acceptors (Lipinski definition) is 2. The number of aromatic nitrogens is 2. The van der Waals surface area contributed by atoms with E-state index in [1.807, 2.05) is 0 Å². The first-order valence-corrected chi connectivity index (χ1v) is 4.64. The number of nitrogens with zero attached hydrogens (tertiary/aromatic N) is 1. The highest BCUT2D eigenvalue weighted by molar-refractivity contribution is 5.75. The molecule has 15 heavy (non-hydrogen) atoms. The molecule has 4 nitrogen and oxygen atoms in total. The summed E-state index contributed by atoms with van der Waals surface area (Å²) in [5.41, 5.74) is 0.709. The lowest BCUT2D eigenvalue weighted by Crippen LogP contribution is -2.22. The van der Waals surface area contributed by atoms with E-state index in [2.05, 4.69) is 4.98 Å². The Morgan fingerprint density at radius 3 is 3.00 bits per heavy atom. The molecule has 5 heteroatoms. The molecule has 1 unspecified atom stereocenters. The fourth-order valence-corrected chi connectivity index (χ4v) is 1.61. The summed E-state index contributed by atoms with van der Waals surface area (Å²) in [4.78, 5) is 14.1. The lowest BCUT2D eigenvalue weighted by atomic mass is 10.3. The molecule has 2 N–H and O–H groups in total. The second-order valence-electron chi connectivity index (χ2n) is 3.49. The molecule has 0 radical (unpaired) electrons. The maximum absolute atomic E-state index is 13.0. The summed E-state index contributed by atoms with van der Waals surface area (Å²) in [6, 6.07) is 3.70. The molecule has 1 heterocycles. The Morgan fingerprint density at radius 2 is 2.33 bits per heavy atom. The first-order chi connectivity index (χ1) is 7.13. The fourth-order valence-electron chi connectivity index (χ4n) is 1.61. The molecule has 1 aromatic heterocycles. The molecular weight excluding hydrogens is 199 g/mol. The van der Waals surface area contributed by atoms with Crippen LogP contribution in [-0.4, -0.2) is 21.3 Å². The van der Waals surface area contributed by atoms with Crippen molar-refractivity contribution >= 4 is 11.0 Å². The Hall–Kier alpha value is -1.62. The number of imidazole rings is 1. The van der Waals surface area contributed by atoms with E-state index in [0.717, 1.165) is 0 Å². The number of H-pyrrole nitrogens is 1. The number of nitrogens with one attached hydrogen (secondary N) is 1. The summed E-state index contributed by atoms with van der Waals surface area (Å²) in [5, 5.41) is 8.99. The fraction of sp³-hybridized carbons (Fsp3) is 0.300. The van der Waals surface area contributed by atoms with Crippen LogP contribution in [0.4, 0.5) is 4.39 Å². The van der Waals surface area contributed by atoms with Gasteiger partial charge in [-0.1, -0.05) is 0 Å². The van der Waals surface area contributed by atoms with Gasteiger partial charge in [0.25, 0.3) is 0 Å². The van der Waals surface area contributed by atoms with E-state index < -0.39 is 5.82 Å². The zero-order valence-corrected chi connectivity index (χ0v) is 8.20. The predicted molar refractivity (Wildman–Crippen MR) is 54.3 cm³/mol. The summed E-state index contributed by atoms with van der Waals surface area (Å²) in [5.74, 6) is -0.402. The van der Waals surface area contributed by atoms with Crippen molar-refractivity contribution < 1.29 is 9.50 Å². The molecule has 0 aliphatic heterocycles. The molecule has 2 aromatic rings. The van der Waals surface area contributed by atoms with Crippen molar-refractivity contribution in [2.75, 3.05) is 6.61 Å². The molecule has 1 atom stereocenters. The van der Waals surface area contributed by atoms with Crippen LogP contribution in [-0.2, 0) is 0 Å². The van der Waals surface area contributed by atoms with Crippen molar-refractivity contribution in [3.8, 4) is 0 Å². The Morgan fingerprint density at radius 1 is 1.60 bits per heavy atom. The van der Waals surface area contributed by atoms with Crippen molar-refractivity contribution in [1.29, 1.82) is 0 Å². The van der Waals surface area contributed by atoms with Gasteiger partial charge in [0.05, 0.1) is 23.7 Å². The number of benzene rings is 1. The van der Waals surface area contributed by atoms with Crippen LogP contribution in [0.1, 0.15) is 13.0 Å². The highest BCUT2D eigenvalue weighted by Crippen LogP contribution is 2.15. The summed E-state index contributed by atoms with van der Waals surface area (Å²) in [7, 11) is 0. The van der Waals surface area contributed by atoms with Crippen LogP contribution in [0.2, 0.25) is 0 Å². The van der Waals surface area contributed by atoms with Gasteiger partial charge in [-0.05, 0) is 25.1 Å². The van der Waals surface area contributed by atoms with Crippen molar-refractivity contribution in [2.45, 2.75) is 13.0 Å². The van der Waals surface area contributed by atoms with E-state index in [0.29, 0.717) is 11.0 Å². The number of hydrogen-bond donors (Lipinski definition) is 2. The maximum Gasteiger partial charge on any atom is 0.326 e. The zero-order chi connectivity index (χ0) is 11.0. The van der Waals surface area contributed by atoms with E-state index in [9.17, 15) is 9.18 Å². The van der Waals surface area contributed by atoms with Crippen LogP contribution in [0.5, 0.6) is 0 Å². The van der Waals surface area contributed by atoms with E-state index in [4.69, 9.17) is 5.11 Å². The molecule has 0 spiro atoms. The lowest BCUT2D eigenvalue weighted by molar-refractivity contribution is 0.239. The molecule has 1 aromatic carbocycles. The van der Waals surface area contributed by atoms with Gasteiger partial charge in [-0.25, -0.2) is 9.18 Å². The molecule has 0 aliphatic rings. The van der Waals surface area contributed by atoms with Crippen LogP contribution in [0.15, 0.2) is 23.0 Å². The third kappa shape index (κ3) is 1.55. The van der Waals surface area contributed by atoms with Crippen molar-refractivity contribution in [3.63, 3.8) is 0 Å². The summed E-state index contributed by atoms with van der Waals surface area (Å²) in [6.07, 6.45) is 0. The third-order valence-electron chi connectivity index (χ3n) is 2.38. The van der Waals surface area contributed by atoms with E-state index in [1.54, 1.807) is 6.92 Å². The standard InChI is InChI=1S/C10H11FN2O2/c1-6(5-14)13-9-4-7(11)2-3-8(9)12-10(13)15/h2-4,6,14H,5H2,1H3,(H,12,15). The Bertz CT molecular complexity index is 544. The average molecular weight is 210 g/mol. The minimum absolute atomic E-state index is 0.163. The van der Waals surface area contributed by atoms with Gasteiger partial charge in [0.1, 0.15) is 5.82 Å². The van der Waals surface area contributed by atoms with Crippen molar-refractivity contribution in [2.24, 2.45) is 0 Å². The maximum atomic E-state index is 13.0. The van der Waals surface area contributed by atoms with Crippen LogP contribution in [0, 0.1) is 5.82 Å². The summed E-state index contributed by atoms with van der Waals surface area (Å²) in [6.45, 7) is 1.53. The number of aliphatic hydroxyl groups excluding tert-OH is 1. The van der Waals surface area contributed by atoms with Gasteiger partial charge in [-0.3, -0.25) is 4.57 Å². The largest absolute Gasteiger partial charge is 0.394 e. The molecule has 0 amide bonds. The van der Waals surface area contributed by atoms with Crippen LogP contribution in [0.25, 0.3) is 11.0 Å². The van der Waals surface area contributed by atoms with Crippen LogP contribution in [0.3, 0.4) is 0 Å². The van der Waals surface area contributed by atoms with Gasteiger partial charge in [-0.2, -0.15) is 0 Å². The molecular formula is C10H11FN2O2. The van der Waals surface area contributed by atoms with Crippen molar-refractivity contribution in [3.05, 3.63) is 34.5 Å². The second kappa shape index (κ2) is 3.51. The topological polar surface area (TPSA) is 58.0 Å². The molecule has 0 fully saturated rings. The normalized spacial score (nSPS) is 13.3. The average Bonchev–Trinajstić information content (AvgIpc) is 2.52. The number of halogens is 1. The molecule has 0 aliphatic carbocycles. The lowest BCUT2D eigenvalue weighted by Gasteiger charge is -2.09. The number of aliphatic hydroxyl groups is 1. The first kappa shape index (κ1) is 9.92. The van der Waals surface area contributed by atoms with Crippen molar-refractivity contribution in [1.82, 2.24) is 9.55 Å². The monoisotopic (exact) mass is 210 g/mol. The number of aromatic amines is 1. The first-order valence-electron chi connectivity index (χ1n) is 4.64. The van der Waals surface area contributed by atoms with Gasteiger partial charge in [0, 0.05) is 0 Å². The SMILES string of the molecule is CC(CO)n1c(=O)[nH]c2ccc(F)cc21. The number of fused-ring (bicyclic) bond motifs is 1. The highest BCUT2D eigenvalue weighted by atomic mass is 19.1. The second-order valence-corrected chi connectivity index (χ2v) is 3.49. The highest BCUT2D eigenvalue weighted by Gasteiger charge is 2.12. The third-order valence-corrected chi connectivity index (χ3v) is 2.38. The van der Waals surface area contributed by atoms with Gasteiger partial charge in [-0.15, -0.1) is 0 Å². The Balaban J connectivity index is 2.76. The van der Waals surface area contributed by atoms with Crippen LogP contribution < -0.4 is 5.69 Å². The molecule has 0 bridgehead atoms. The van der Waals surface area contributed by atoms with E-state index in [-0.39, 0.29) is 18.3 Å². The minimum Gasteiger partial charge on any atom is -0.394 e. The Labute approximate surface area is 85.0 Å².